The smallest absolute Gasteiger partial charge is 0.221 e. The summed E-state index contributed by atoms with van der Waals surface area (Å²) < 4.78 is 7.68. The van der Waals surface area contributed by atoms with Crippen molar-refractivity contribution < 1.29 is 9.53 Å². The SMILES string of the molecule is CN=C(NCc1cccc(NC(C)=O)c1)N1CCOC(c2cnn(C)c2)C1.I. The molecular weight excluding hydrogens is 471 g/mol. The molecule has 1 fully saturated rings. The van der Waals surface area contributed by atoms with E-state index in [4.69, 9.17) is 4.74 Å². The third kappa shape index (κ3) is 5.93. The summed E-state index contributed by atoms with van der Waals surface area (Å²) in [5.74, 6) is 0.753. The summed E-state index contributed by atoms with van der Waals surface area (Å²) in [7, 11) is 3.68. The number of halogens is 1. The Bertz CT molecular complexity index is 822. The van der Waals surface area contributed by atoms with E-state index < -0.39 is 0 Å². The molecule has 0 spiro atoms. The summed E-state index contributed by atoms with van der Waals surface area (Å²) in [6.07, 6.45) is 3.81. The van der Waals surface area contributed by atoms with E-state index in [0.29, 0.717) is 13.2 Å². The molecular formula is C19H27IN6O2. The van der Waals surface area contributed by atoms with E-state index in [2.05, 4.69) is 25.6 Å². The lowest BCUT2D eigenvalue weighted by molar-refractivity contribution is -0.114. The van der Waals surface area contributed by atoms with Crippen molar-refractivity contribution in [2.24, 2.45) is 12.0 Å². The normalized spacial score (nSPS) is 17.0. The summed E-state index contributed by atoms with van der Waals surface area (Å²) in [4.78, 5) is 17.8. The number of ether oxygens (including phenoxy) is 1. The number of rotatable bonds is 4. The Kier molecular flexibility index (Phi) is 8.24. The lowest BCUT2D eigenvalue weighted by Crippen LogP contribution is -2.47. The minimum Gasteiger partial charge on any atom is -0.370 e. The molecule has 0 radical (unpaired) electrons. The first-order valence-corrected chi connectivity index (χ1v) is 8.97. The lowest BCUT2D eigenvalue weighted by Gasteiger charge is -2.34. The van der Waals surface area contributed by atoms with Crippen LogP contribution in [0.4, 0.5) is 5.69 Å². The van der Waals surface area contributed by atoms with Crippen LogP contribution in [-0.4, -0.2) is 53.3 Å². The van der Waals surface area contributed by atoms with Gasteiger partial charge in [-0.15, -0.1) is 24.0 Å². The molecule has 1 aliphatic heterocycles. The molecule has 1 aromatic heterocycles. The van der Waals surface area contributed by atoms with Gasteiger partial charge in [0.25, 0.3) is 0 Å². The average molecular weight is 498 g/mol. The van der Waals surface area contributed by atoms with Crippen molar-refractivity contribution in [3.05, 3.63) is 47.8 Å². The molecule has 2 N–H and O–H groups in total. The van der Waals surface area contributed by atoms with E-state index in [1.165, 1.54) is 6.92 Å². The van der Waals surface area contributed by atoms with E-state index >= 15 is 0 Å². The van der Waals surface area contributed by atoms with Crippen LogP contribution in [0.3, 0.4) is 0 Å². The fourth-order valence-electron chi connectivity index (χ4n) is 3.13. The number of hydrogen-bond donors (Lipinski definition) is 2. The van der Waals surface area contributed by atoms with Gasteiger partial charge in [0.1, 0.15) is 6.10 Å². The van der Waals surface area contributed by atoms with Gasteiger partial charge in [0.05, 0.1) is 19.3 Å². The molecule has 3 rings (SSSR count). The highest BCUT2D eigenvalue weighted by Gasteiger charge is 2.25. The largest absolute Gasteiger partial charge is 0.370 e. The quantitative estimate of drug-likeness (QED) is 0.384. The number of anilines is 1. The number of amides is 1. The third-order valence-electron chi connectivity index (χ3n) is 4.37. The Morgan fingerprint density at radius 2 is 2.25 bits per heavy atom. The molecule has 0 bridgehead atoms. The zero-order chi connectivity index (χ0) is 19.2. The van der Waals surface area contributed by atoms with E-state index in [-0.39, 0.29) is 36.0 Å². The second kappa shape index (κ2) is 10.4. The summed E-state index contributed by atoms with van der Waals surface area (Å²) >= 11 is 0. The van der Waals surface area contributed by atoms with Gasteiger partial charge in [0.2, 0.25) is 5.91 Å². The first-order valence-electron chi connectivity index (χ1n) is 8.97. The maximum atomic E-state index is 11.2. The molecule has 8 nitrogen and oxygen atoms in total. The summed E-state index contributed by atoms with van der Waals surface area (Å²) in [6.45, 7) is 4.26. The van der Waals surface area contributed by atoms with Gasteiger partial charge in [-0.05, 0) is 17.7 Å². The number of hydrogen-bond acceptors (Lipinski definition) is 4. The van der Waals surface area contributed by atoms with Crippen LogP contribution in [0.2, 0.25) is 0 Å². The highest BCUT2D eigenvalue weighted by atomic mass is 127. The highest BCUT2D eigenvalue weighted by Crippen LogP contribution is 2.21. The Balaban J connectivity index is 0.00000280. The fourth-order valence-corrected chi connectivity index (χ4v) is 3.13. The number of nitrogens with one attached hydrogen (secondary N) is 2. The van der Waals surface area contributed by atoms with E-state index in [1.807, 2.05) is 43.7 Å². The Morgan fingerprint density at radius 3 is 2.93 bits per heavy atom. The van der Waals surface area contributed by atoms with Gasteiger partial charge in [0.15, 0.2) is 5.96 Å². The molecule has 28 heavy (non-hydrogen) atoms. The van der Waals surface area contributed by atoms with Crippen molar-refractivity contribution >= 4 is 41.5 Å². The van der Waals surface area contributed by atoms with Crippen LogP contribution >= 0.6 is 24.0 Å². The molecule has 1 amide bonds. The summed E-state index contributed by atoms with van der Waals surface area (Å²) in [6, 6.07) is 7.78. The van der Waals surface area contributed by atoms with E-state index in [9.17, 15) is 4.79 Å². The van der Waals surface area contributed by atoms with Crippen LogP contribution in [0, 0.1) is 0 Å². The van der Waals surface area contributed by atoms with Crippen LogP contribution in [0.25, 0.3) is 0 Å². The first kappa shape index (κ1) is 22.2. The van der Waals surface area contributed by atoms with Crippen molar-refractivity contribution in [1.82, 2.24) is 20.0 Å². The number of aryl methyl sites for hydroxylation is 1. The van der Waals surface area contributed by atoms with Gasteiger partial charge in [-0.3, -0.25) is 14.5 Å². The second-order valence-electron chi connectivity index (χ2n) is 6.54. The predicted molar refractivity (Wildman–Crippen MR) is 120 cm³/mol. The predicted octanol–water partition coefficient (Wildman–Crippen LogP) is 2.15. The Labute approximate surface area is 182 Å². The molecule has 0 aliphatic carbocycles. The minimum atomic E-state index is -0.0781. The topological polar surface area (TPSA) is 83.8 Å². The maximum absolute atomic E-state index is 11.2. The van der Waals surface area contributed by atoms with Gasteiger partial charge in [-0.25, -0.2) is 0 Å². The van der Waals surface area contributed by atoms with Gasteiger partial charge < -0.3 is 20.3 Å². The molecule has 2 aromatic rings. The molecule has 1 aliphatic rings. The number of carbonyl (C=O) groups excluding carboxylic acids is 1. The number of aliphatic imine (C=N–C) groups is 1. The molecule has 0 saturated carbocycles. The molecule has 2 heterocycles. The standard InChI is InChI=1S/C19H26N6O2.HI/c1-14(26)23-17-6-4-5-15(9-17)10-21-19(20-2)25-7-8-27-18(13-25)16-11-22-24(3)12-16;/h4-6,9,11-12,18H,7-8,10,13H2,1-3H3,(H,20,21)(H,23,26);1H. The minimum absolute atomic E-state index is 0. The molecule has 1 unspecified atom stereocenters. The number of guanidine groups is 1. The molecule has 1 aromatic carbocycles. The van der Waals surface area contributed by atoms with E-state index in [1.54, 1.807) is 11.7 Å². The zero-order valence-electron chi connectivity index (χ0n) is 16.4. The van der Waals surface area contributed by atoms with Crippen LogP contribution < -0.4 is 10.6 Å². The number of benzene rings is 1. The van der Waals surface area contributed by atoms with Gasteiger partial charge in [0, 0.05) is 51.6 Å². The number of morpholine rings is 1. The number of aromatic nitrogens is 2. The molecule has 1 atom stereocenters. The van der Waals surface area contributed by atoms with Crippen molar-refractivity contribution in [1.29, 1.82) is 0 Å². The van der Waals surface area contributed by atoms with Crippen LogP contribution in [-0.2, 0) is 23.1 Å². The van der Waals surface area contributed by atoms with Crippen LogP contribution in [0.5, 0.6) is 0 Å². The molecule has 1 saturated heterocycles. The first-order chi connectivity index (χ1) is 13.0. The van der Waals surface area contributed by atoms with Crippen molar-refractivity contribution in [3.63, 3.8) is 0 Å². The third-order valence-corrected chi connectivity index (χ3v) is 4.37. The molecule has 152 valence electrons. The summed E-state index contributed by atoms with van der Waals surface area (Å²) in [5, 5.41) is 10.4. The van der Waals surface area contributed by atoms with Gasteiger partial charge in [-0.2, -0.15) is 5.10 Å². The fraction of sp³-hybridized carbons (Fsp3) is 0.421. The average Bonchev–Trinajstić information content (AvgIpc) is 3.09. The van der Waals surface area contributed by atoms with Gasteiger partial charge in [-0.1, -0.05) is 12.1 Å². The summed E-state index contributed by atoms with van der Waals surface area (Å²) in [5.41, 5.74) is 2.93. The van der Waals surface area contributed by atoms with Crippen molar-refractivity contribution in [2.75, 3.05) is 32.1 Å². The molecule has 9 heteroatoms. The monoisotopic (exact) mass is 498 g/mol. The number of nitrogens with zero attached hydrogens (tertiary/aromatic N) is 4. The Hall–Kier alpha value is -2.14. The van der Waals surface area contributed by atoms with Crippen LogP contribution in [0.1, 0.15) is 24.2 Å². The zero-order valence-corrected chi connectivity index (χ0v) is 18.7. The second-order valence-corrected chi connectivity index (χ2v) is 6.54. The Morgan fingerprint density at radius 1 is 1.43 bits per heavy atom. The van der Waals surface area contributed by atoms with Crippen molar-refractivity contribution in [3.8, 4) is 0 Å². The van der Waals surface area contributed by atoms with Crippen LogP contribution in [0.15, 0.2) is 41.7 Å². The maximum Gasteiger partial charge on any atom is 0.221 e. The lowest BCUT2D eigenvalue weighted by atomic mass is 10.1. The van der Waals surface area contributed by atoms with E-state index in [0.717, 1.165) is 35.9 Å². The van der Waals surface area contributed by atoms with Gasteiger partial charge >= 0.3 is 0 Å². The highest BCUT2D eigenvalue weighted by molar-refractivity contribution is 14.0. The number of carbonyl (C=O) groups is 1. The van der Waals surface area contributed by atoms with Crippen molar-refractivity contribution in [2.45, 2.75) is 19.6 Å².